The second-order valence-corrected chi connectivity index (χ2v) is 4.54. The fourth-order valence-corrected chi connectivity index (χ4v) is 2.51. The van der Waals surface area contributed by atoms with Crippen molar-refractivity contribution in [2.24, 2.45) is 5.73 Å². The first-order valence-corrected chi connectivity index (χ1v) is 6.06. The zero-order chi connectivity index (χ0) is 12.4. The largest absolute Gasteiger partial charge is 0.496 e. The van der Waals surface area contributed by atoms with Crippen LogP contribution in [0.25, 0.3) is 0 Å². The normalized spacial score (nSPS) is 14.9. The molecular weight excluding hydrogens is 242 g/mol. The van der Waals surface area contributed by atoms with Crippen LogP contribution in [0.4, 0.5) is 0 Å². The molecule has 1 aromatic rings. The van der Waals surface area contributed by atoms with Gasteiger partial charge in [-0.1, -0.05) is 11.8 Å². The van der Waals surface area contributed by atoms with E-state index < -0.39 is 11.9 Å². The van der Waals surface area contributed by atoms with Crippen molar-refractivity contribution in [2.45, 2.75) is 10.8 Å². The fourth-order valence-electron chi connectivity index (χ4n) is 1.75. The Hall–Kier alpha value is -1.40. The van der Waals surface area contributed by atoms with Gasteiger partial charge in [0.1, 0.15) is 17.4 Å². The van der Waals surface area contributed by atoms with Crippen molar-refractivity contribution in [3.63, 3.8) is 0 Å². The van der Waals surface area contributed by atoms with E-state index in [1.807, 2.05) is 0 Å². The van der Waals surface area contributed by atoms with Crippen molar-refractivity contribution in [3.8, 4) is 11.5 Å². The number of fused-ring (bicyclic) bond motifs is 1. The Kier molecular flexibility index (Phi) is 3.44. The Bertz CT molecular complexity index is 449. The second-order valence-electron chi connectivity index (χ2n) is 3.57. The van der Waals surface area contributed by atoms with E-state index in [-0.39, 0.29) is 6.54 Å². The summed E-state index contributed by atoms with van der Waals surface area (Å²) < 4.78 is 10.6. The topological polar surface area (TPSA) is 81.8 Å². The Balaban J connectivity index is 2.48. The van der Waals surface area contributed by atoms with E-state index in [1.54, 1.807) is 23.9 Å². The van der Waals surface area contributed by atoms with Gasteiger partial charge in [-0.15, -0.1) is 0 Å². The standard InChI is InChI=1S/C11H13NO4S/c1-15-8-3-10-9(16-5-17-10)2-6(8)7(4-12)11(13)14/h2-3,7H,4-5,12H2,1H3,(H,13,14). The molecule has 0 aliphatic carbocycles. The number of hydrogen-bond donors (Lipinski definition) is 2. The van der Waals surface area contributed by atoms with Crippen molar-refractivity contribution in [1.82, 2.24) is 0 Å². The minimum absolute atomic E-state index is 0.0254. The van der Waals surface area contributed by atoms with Gasteiger partial charge in [-0.05, 0) is 12.1 Å². The van der Waals surface area contributed by atoms with Crippen LogP contribution in [0.2, 0.25) is 0 Å². The molecule has 0 saturated heterocycles. The number of ether oxygens (including phenoxy) is 2. The fraction of sp³-hybridized carbons (Fsp3) is 0.364. The third kappa shape index (κ3) is 2.18. The highest BCUT2D eigenvalue weighted by molar-refractivity contribution is 7.99. The molecule has 0 fully saturated rings. The minimum atomic E-state index is -0.962. The number of hydrogen-bond acceptors (Lipinski definition) is 5. The van der Waals surface area contributed by atoms with Gasteiger partial charge in [-0.2, -0.15) is 0 Å². The van der Waals surface area contributed by atoms with Crippen molar-refractivity contribution in [3.05, 3.63) is 17.7 Å². The maximum absolute atomic E-state index is 11.1. The predicted molar refractivity (Wildman–Crippen MR) is 63.8 cm³/mol. The van der Waals surface area contributed by atoms with Crippen LogP contribution in [0, 0.1) is 0 Å². The van der Waals surface area contributed by atoms with E-state index >= 15 is 0 Å². The number of carboxylic acid groups (broad SMARTS) is 1. The van der Waals surface area contributed by atoms with Gasteiger partial charge < -0.3 is 20.3 Å². The third-order valence-corrected chi connectivity index (χ3v) is 3.50. The lowest BCUT2D eigenvalue weighted by atomic mass is 9.98. The molecule has 1 heterocycles. The molecule has 5 nitrogen and oxygen atoms in total. The summed E-state index contributed by atoms with van der Waals surface area (Å²) in [5.41, 5.74) is 6.05. The van der Waals surface area contributed by atoms with Gasteiger partial charge in [0.2, 0.25) is 0 Å². The van der Waals surface area contributed by atoms with Crippen LogP contribution in [0.1, 0.15) is 11.5 Å². The summed E-state index contributed by atoms with van der Waals surface area (Å²) in [5.74, 6) is 0.0495. The first-order chi connectivity index (χ1) is 8.17. The van der Waals surface area contributed by atoms with Gasteiger partial charge in [0.15, 0.2) is 0 Å². The lowest BCUT2D eigenvalue weighted by Crippen LogP contribution is -2.21. The number of nitrogens with two attached hydrogens (primary N) is 1. The number of benzene rings is 1. The number of carbonyl (C=O) groups is 1. The summed E-state index contributed by atoms with van der Waals surface area (Å²) in [5, 5.41) is 9.11. The van der Waals surface area contributed by atoms with Gasteiger partial charge in [0.25, 0.3) is 0 Å². The van der Waals surface area contributed by atoms with E-state index in [1.165, 1.54) is 7.11 Å². The van der Waals surface area contributed by atoms with Crippen molar-refractivity contribution in [2.75, 3.05) is 19.6 Å². The predicted octanol–water partition coefficient (Wildman–Crippen LogP) is 1.26. The molecule has 1 aliphatic rings. The van der Waals surface area contributed by atoms with Crippen LogP contribution in [0.3, 0.4) is 0 Å². The highest BCUT2D eigenvalue weighted by Crippen LogP contribution is 2.42. The average Bonchev–Trinajstić information content (AvgIpc) is 2.75. The smallest absolute Gasteiger partial charge is 0.312 e. The van der Waals surface area contributed by atoms with Gasteiger partial charge in [-0.3, -0.25) is 4.79 Å². The molecule has 1 aromatic carbocycles. The maximum Gasteiger partial charge on any atom is 0.312 e. The Labute approximate surface area is 103 Å². The third-order valence-electron chi connectivity index (χ3n) is 2.63. The molecule has 0 spiro atoms. The zero-order valence-corrected chi connectivity index (χ0v) is 10.1. The maximum atomic E-state index is 11.1. The van der Waals surface area contributed by atoms with Crippen molar-refractivity contribution < 1.29 is 19.4 Å². The van der Waals surface area contributed by atoms with Crippen LogP contribution in [-0.2, 0) is 4.79 Å². The lowest BCUT2D eigenvalue weighted by molar-refractivity contribution is -0.138. The van der Waals surface area contributed by atoms with E-state index in [2.05, 4.69) is 0 Å². The molecule has 0 radical (unpaired) electrons. The summed E-state index contributed by atoms with van der Waals surface area (Å²) in [6.45, 7) is 0.0254. The number of methoxy groups -OCH3 is 1. The number of rotatable bonds is 4. The monoisotopic (exact) mass is 255 g/mol. The van der Waals surface area contributed by atoms with Crippen molar-refractivity contribution >= 4 is 17.7 Å². The van der Waals surface area contributed by atoms with E-state index in [4.69, 9.17) is 20.3 Å². The molecule has 0 bridgehead atoms. The molecule has 0 amide bonds. The quantitative estimate of drug-likeness (QED) is 0.843. The molecule has 1 atom stereocenters. The molecule has 0 aromatic heterocycles. The summed E-state index contributed by atoms with van der Waals surface area (Å²) in [4.78, 5) is 12.1. The summed E-state index contributed by atoms with van der Waals surface area (Å²) in [6, 6.07) is 3.51. The molecule has 92 valence electrons. The van der Waals surface area contributed by atoms with Crippen LogP contribution >= 0.6 is 11.8 Å². The SMILES string of the molecule is COc1cc2c(cc1C(CN)C(=O)O)OCS2. The molecule has 1 unspecified atom stereocenters. The number of aliphatic carboxylic acids is 1. The second kappa shape index (κ2) is 4.85. The molecule has 1 aliphatic heterocycles. The molecule has 17 heavy (non-hydrogen) atoms. The summed E-state index contributed by atoms with van der Waals surface area (Å²) in [6.07, 6.45) is 0. The van der Waals surface area contributed by atoms with E-state index in [0.29, 0.717) is 23.0 Å². The van der Waals surface area contributed by atoms with Crippen LogP contribution in [-0.4, -0.2) is 30.7 Å². The van der Waals surface area contributed by atoms with Gasteiger partial charge in [0.05, 0.1) is 17.9 Å². The first kappa shape index (κ1) is 12.1. The minimum Gasteiger partial charge on any atom is -0.496 e. The van der Waals surface area contributed by atoms with Gasteiger partial charge in [-0.25, -0.2) is 0 Å². The molecule has 2 rings (SSSR count). The lowest BCUT2D eigenvalue weighted by Gasteiger charge is -2.15. The van der Waals surface area contributed by atoms with E-state index in [0.717, 1.165) is 4.90 Å². The highest BCUT2D eigenvalue weighted by Gasteiger charge is 2.25. The Morgan fingerprint density at radius 2 is 2.47 bits per heavy atom. The number of thioether (sulfide) groups is 1. The summed E-state index contributed by atoms with van der Waals surface area (Å²) >= 11 is 1.55. The van der Waals surface area contributed by atoms with Crippen LogP contribution in [0.15, 0.2) is 17.0 Å². The number of carboxylic acids is 1. The highest BCUT2D eigenvalue weighted by atomic mass is 32.2. The first-order valence-electron chi connectivity index (χ1n) is 5.07. The average molecular weight is 255 g/mol. The molecule has 3 N–H and O–H groups in total. The molecule has 0 saturated carbocycles. The van der Waals surface area contributed by atoms with Crippen LogP contribution < -0.4 is 15.2 Å². The zero-order valence-electron chi connectivity index (χ0n) is 9.30. The Morgan fingerprint density at radius 3 is 3.06 bits per heavy atom. The summed E-state index contributed by atoms with van der Waals surface area (Å²) in [7, 11) is 1.52. The van der Waals surface area contributed by atoms with Gasteiger partial charge >= 0.3 is 5.97 Å². The van der Waals surface area contributed by atoms with Gasteiger partial charge in [0, 0.05) is 12.1 Å². The van der Waals surface area contributed by atoms with Crippen molar-refractivity contribution in [1.29, 1.82) is 0 Å². The van der Waals surface area contributed by atoms with Crippen LogP contribution in [0.5, 0.6) is 11.5 Å². The Morgan fingerprint density at radius 1 is 1.71 bits per heavy atom. The molecular formula is C11H13NO4S. The molecule has 6 heteroatoms. The van der Waals surface area contributed by atoms with E-state index in [9.17, 15) is 4.79 Å².